The predicted octanol–water partition coefficient (Wildman–Crippen LogP) is 2.47. The van der Waals surface area contributed by atoms with Gasteiger partial charge in [0, 0.05) is 12.8 Å². The van der Waals surface area contributed by atoms with Gasteiger partial charge in [-0.2, -0.15) is 13.2 Å². The molecule has 1 atom stereocenters. The lowest BCUT2D eigenvalue weighted by Gasteiger charge is -2.21. The van der Waals surface area contributed by atoms with Gasteiger partial charge in [-0.3, -0.25) is 4.79 Å². The van der Waals surface area contributed by atoms with Crippen molar-refractivity contribution in [1.82, 2.24) is 0 Å². The number of ketones is 1. The summed E-state index contributed by atoms with van der Waals surface area (Å²) in [5, 5.41) is 0. The van der Waals surface area contributed by atoms with Gasteiger partial charge in [0.15, 0.2) is 0 Å². The van der Waals surface area contributed by atoms with Gasteiger partial charge in [-0.1, -0.05) is 0 Å². The average molecular weight is 210 g/mol. The summed E-state index contributed by atoms with van der Waals surface area (Å²) in [5.74, 6) is 0.0910. The summed E-state index contributed by atoms with van der Waals surface area (Å²) in [5.41, 5.74) is 0. The Balaban J connectivity index is 2.15. The van der Waals surface area contributed by atoms with Crippen LogP contribution in [0.5, 0.6) is 0 Å². The van der Waals surface area contributed by atoms with Crippen LogP contribution in [0.1, 0.15) is 32.1 Å². The van der Waals surface area contributed by atoms with Crippen molar-refractivity contribution in [3.63, 3.8) is 0 Å². The van der Waals surface area contributed by atoms with E-state index in [1.807, 2.05) is 0 Å². The van der Waals surface area contributed by atoms with Crippen LogP contribution in [0.15, 0.2) is 0 Å². The van der Waals surface area contributed by atoms with Gasteiger partial charge in [-0.05, 0) is 12.8 Å². The maximum Gasteiger partial charge on any atom is 0.391 e. The van der Waals surface area contributed by atoms with Crippen molar-refractivity contribution in [3.05, 3.63) is 0 Å². The second-order valence-corrected chi connectivity index (χ2v) is 3.49. The molecule has 14 heavy (non-hydrogen) atoms. The topological polar surface area (TPSA) is 26.3 Å². The normalized spacial score (nSPS) is 23.9. The van der Waals surface area contributed by atoms with Gasteiger partial charge in [0.2, 0.25) is 0 Å². The quantitative estimate of drug-likeness (QED) is 0.715. The number of ether oxygens (including phenoxy) is 1. The molecule has 5 heteroatoms. The van der Waals surface area contributed by atoms with Gasteiger partial charge in [-0.15, -0.1) is 0 Å². The first-order chi connectivity index (χ1) is 6.47. The molecule has 82 valence electrons. The minimum Gasteiger partial charge on any atom is -0.377 e. The molecule has 0 aromatic rings. The molecule has 0 aromatic heterocycles. The lowest BCUT2D eigenvalue weighted by molar-refractivity contribution is -0.151. The highest BCUT2D eigenvalue weighted by atomic mass is 19.4. The molecule has 0 bridgehead atoms. The third kappa shape index (κ3) is 4.60. The molecule has 1 unspecified atom stereocenters. The Morgan fingerprint density at radius 1 is 1.43 bits per heavy atom. The zero-order valence-corrected chi connectivity index (χ0v) is 7.77. The third-order valence-corrected chi connectivity index (χ3v) is 2.18. The summed E-state index contributed by atoms with van der Waals surface area (Å²) in [6.07, 6.45) is -3.15. The summed E-state index contributed by atoms with van der Waals surface area (Å²) in [6, 6.07) is 0. The van der Waals surface area contributed by atoms with E-state index >= 15 is 0 Å². The molecule has 1 fully saturated rings. The van der Waals surface area contributed by atoms with Crippen molar-refractivity contribution in [2.45, 2.75) is 44.4 Å². The zero-order valence-electron chi connectivity index (χ0n) is 7.77. The molecule has 1 rings (SSSR count). The molecule has 0 amide bonds. The van der Waals surface area contributed by atoms with Crippen LogP contribution in [-0.4, -0.2) is 24.7 Å². The van der Waals surface area contributed by atoms with Crippen molar-refractivity contribution >= 4 is 5.78 Å². The highest BCUT2D eigenvalue weighted by Crippen LogP contribution is 2.22. The summed E-state index contributed by atoms with van der Waals surface area (Å²) < 4.78 is 40.2. The first-order valence-electron chi connectivity index (χ1n) is 4.67. The minimum atomic E-state index is -4.17. The van der Waals surface area contributed by atoms with E-state index in [-0.39, 0.29) is 24.9 Å². The number of carbonyl (C=O) groups excluding carboxylic acids is 1. The van der Waals surface area contributed by atoms with Crippen LogP contribution in [0.4, 0.5) is 13.2 Å². The van der Waals surface area contributed by atoms with Crippen LogP contribution < -0.4 is 0 Å². The van der Waals surface area contributed by atoms with Crippen molar-refractivity contribution in [2.75, 3.05) is 6.61 Å². The Labute approximate surface area is 80.4 Å². The van der Waals surface area contributed by atoms with Crippen LogP contribution in [0.2, 0.25) is 0 Å². The first-order valence-corrected chi connectivity index (χ1v) is 4.67. The fraction of sp³-hybridized carbons (Fsp3) is 0.889. The van der Waals surface area contributed by atoms with Gasteiger partial charge < -0.3 is 4.74 Å². The maximum atomic E-state index is 11.7. The molecule has 0 spiro atoms. The number of rotatable bonds is 3. The summed E-state index contributed by atoms with van der Waals surface area (Å²) in [6.45, 7) is -0.332. The summed E-state index contributed by atoms with van der Waals surface area (Å²) >= 11 is 0. The Bertz CT molecular complexity index is 201. The number of hydrogen-bond donors (Lipinski definition) is 0. The van der Waals surface area contributed by atoms with Crippen LogP contribution in [0.25, 0.3) is 0 Å². The van der Waals surface area contributed by atoms with E-state index in [0.29, 0.717) is 12.8 Å². The fourth-order valence-corrected chi connectivity index (χ4v) is 1.47. The Kier molecular flexibility index (Phi) is 3.92. The van der Waals surface area contributed by atoms with E-state index in [1.165, 1.54) is 0 Å². The van der Waals surface area contributed by atoms with E-state index in [4.69, 9.17) is 4.74 Å². The second kappa shape index (κ2) is 4.77. The molecule has 0 aliphatic heterocycles. The molecule has 0 heterocycles. The summed E-state index contributed by atoms with van der Waals surface area (Å²) in [4.78, 5) is 10.9. The van der Waals surface area contributed by atoms with Crippen LogP contribution in [-0.2, 0) is 9.53 Å². The molecule has 2 nitrogen and oxygen atoms in total. The molecule has 0 saturated heterocycles. The number of halogens is 3. The van der Waals surface area contributed by atoms with E-state index in [0.717, 1.165) is 6.42 Å². The van der Waals surface area contributed by atoms with E-state index < -0.39 is 12.6 Å². The van der Waals surface area contributed by atoms with Crippen LogP contribution >= 0.6 is 0 Å². The van der Waals surface area contributed by atoms with E-state index in [1.54, 1.807) is 0 Å². The zero-order chi connectivity index (χ0) is 10.6. The molecule has 0 aromatic carbocycles. The van der Waals surface area contributed by atoms with Crippen LogP contribution in [0.3, 0.4) is 0 Å². The van der Waals surface area contributed by atoms with Gasteiger partial charge in [0.25, 0.3) is 0 Å². The van der Waals surface area contributed by atoms with Gasteiger partial charge in [-0.25, -0.2) is 0 Å². The number of hydrogen-bond acceptors (Lipinski definition) is 2. The van der Waals surface area contributed by atoms with Gasteiger partial charge in [0.05, 0.1) is 19.1 Å². The molecular formula is C9H13F3O2. The number of alkyl halides is 3. The predicted molar refractivity (Wildman–Crippen MR) is 43.9 cm³/mol. The Hall–Kier alpha value is -0.580. The molecule has 1 saturated carbocycles. The fourth-order valence-electron chi connectivity index (χ4n) is 1.47. The maximum absolute atomic E-state index is 11.7. The van der Waals surface area contributed by atoms with E-state index in [2.05, 4.69) is 0 Å². The first kappa shape index (κ1) is 11.5. The Morgan fingerprint density at radius 2 is 2.14 bits per heavy atom. The molecular weight excluding hydrogens is 197 g/mol. The highest BCUT2D eigenvalue weighted by molar-refractivity contribution is 5.79. The lowest BCUT2D eigenvalue weighted by atomic mass is 9.96. The van der Waals surface area contributed by atoms with Gasteiger partial charge in [0.1, 0.15) is 5.78 Å². The van der Waals surface area contributed by atoms with Crippen molar-refractivity contribution < 1.29 is 22.7 Å². The third-order valence-electron chi connectivity index (χ3n) is 2.18. The number of carbonyl (C=O) groups is 1. The van der Waals surface area contributed by atoms with Crippen molar-refractivity contribution in [3.8, 4) is 0 Å². The van der Waals surface area contributed by atoms with Crippen LogP contribution in [0, 0.1) is 0 Å². The standard InChI is InChI=1S/C9H13F3O2/c10-9(11,12)4-5-14-8-3-1-2-7(13)6-8/h8H,1-6H2. The van der Waals surface area contributed by atoms with Gasteiger partial charge >= 0.3 is 6.18 Å². The summed E-state index contributed by atoms with van der Waals surface area (Å²) in [7, 11) is 0. The number of Topliss-reactive ketones (excluding diaryl/α,β-unsaturated/α-hetero) is 1. The Morgan fingerprint density at radius 3 is 2.71 bits per heavy atom. The lowest BCUT2D eigenvalue weighted by Crippen LogP contribution is -2.24. The largest absolute Gasteiger partial charge is 0.391 e. The smallest absolute Gasteiger partial charge is 0.377 e. The monoisotopic (exact) mass is 210 g/mol. The average Bonchev–Trinajstić information content (AvgIpc) is 2.01. The second-order valence-electron chi connectivity index (χ2n) is 3.49. The molecule has 0 radical (unpaired) electrons. The van der Waals surface area contributed by atoms with Crippen molar-refractivity contribution in [1.29, 1.82) is 0 Å². The molecule has 1 aliphatic carbocycles. The minimum absolute atomic E-state index is 0.0910. The molecule has 1 aliphatic rings. The van der Waals surface area contributed by atoms with E-state index in [9.17, 15) is 18.0 Å². The molecule has 0 N–H and O–H groups in total. The SMILES string of the molecule is O=C1CCCC(OCCC(F)(F)F)C1. The van der Waals surface area contributed by atoms with Crippen molar-refractivity contribution in [2.24, 2.45) is 0 Å². The highest BCUT2D eigenvalue weighted by Gasteiger charge is 2.28.